The minimum absolute atomic E-state index is 0.328. The van der Waals surface area contributed by atoms with E-state index in [2.05, 4.69) is 0 Å². The van der Waals surface area contributed by atoms with Gasteiger partial charge in [0.05, 0.1) is 6.10 Å². The Labute approximate surface area is 89.5 Å². The maximum Gasteiger partial charge on any atom is 0.120 e. The van der Waals surface area contributed by atoms with Crippen molar-refractivity contribution in [1.82, 2.24) is 0 Å². The fraction of sp³-hybridized carbons (Fsp3) is 0.455. The number of aliphatic hydroxyl groups is 1. The van der Waals surface area contributed by atoms with Gasteiger partial charge >= 0.3 is 0 Å². The molecule has 0 fully saturated rings. The van der Waals surface area contributed by atoms with Crippen LogP contribution in [-0.2, 0) is 0 Å². The van der Waals surface area contributed by atoms with Crippen molar-refractivity contribution in [1.29, 1.82) is 0 Å². The average molecular weight is 215 g/mol. The average Bonchev–Trinajstić information content (AvgIpc) is 2.15. The van der Waals surface area contributed by atoms with Crippen molar-refractivity contribution in [2.45, 2.75) is 25.9 Å². The van der Waals surface area contributed by atoms with Crippen molar-refractivity contribution in [3.63, 3.8) is 0 Å². The van der Waals surface area contributed by atoms with Crippen LogP contribution < -0.4 is 4.74 Å². The van der Waals surface area contributed by atoms with E-state index in [0.717, 1.165) is 12.8 Å². The first-order chi connectivity index (χ1) is 6.72. The molecule has 1 aromatic rings. The van der Waals surface area contributed by atoms with E-state index in [1.165, 1.54) is 0 Å². The van der Waals surface area contributed by atoms with E-state index >= 15 is 0 Å². The highest BCUT2D eigenvalue weighted by Crippen LogP contribution is 2.17. The van der Waals surface area contributed by atoms with Crippen LogP contribution in [-0.4, -0.2) is 17.8 Å². The highest BCUT2D eigenvalue weighted by atomic mass is 35.5. The van der Waals surface area contributed by atoms with E-state index in [9.17, 15) is 5.11 Å². The second-order valence-corrected chi connectivity index (χ2v) is 3.65. The summed E-state index contributed by atoms with van der Waals surface area (Å²) in [4.78, 5) is 0. The molecule has 0 bridgehead atoms. The Morgan fingerprint density at radius 1 is 1.50 bits per heavy atom. The molecule has 0 saturated heterocycles. The van der Waals surface area contributed by atoms with Gasteiger partial charge in [-0.05, 0) is 24.6 Å². The molecule has 1 aromatic carbocycles. The van der Waals surface area contributed by atoms with Crippen LogP contribution in [0, 0.1) is 0 Å². The summed E-state index contributed by atoms with van der Waals surface area (Å²) in [7, 11) is 0. The summed E-state index contributed by atoms with van der Waals surface area (Å²) >= 11 is 5.78. The first kappa shape index (κ1) is 11.3. The third kappa shape index (κ3) is 3.99. The quantitative estimate of drug-likeness (QED) is 0.817. The van der Waals surface area contributed by atoms with Gasteiger partial charge in [-0.25, -0.2) is 0 Å². The molecule has 1 N–H and O–H groups in total. The van der Waals surface area contributed by atoms with Gasteiger partial charge < -0.3 is 9.84 Å². The summed E-state index contributed by atoms with van der Waals surface area (Å²) in [6, 6.07) is 7.17. The summed E-state index contributed by atoms with van der Waals surface area (Å²) in [5, 5.41) is 10.1. The van der Waals surface area contributed by atoms with Crippen molar-refractivity contribution in [2.75, 3.05) is 6.61 Å². The fourth-order valence-corrected chi connectivity index (χ4v) is 1.35. The van der Waals surface area contributed by atoms with Crippen LogP contribution in [0.3, 0.4) is 0 Å². The van der Waals surface area contributed by atoms with E-state index in [1.54, 1.807) is 12.1 Å². The predicted octanol–water partition coefficient (Wildman–Crippen LogP) is 2.88. The minimum atomic E-state index is -0.390. The number of hydrogen-bond acceptors (Lipinski definition) is 2. The molecule has 0 heterocycles. The second-order valence-electron chi connectivity index (χ2n) is 3.21. The topological polar surface area (TPSA) is 29.5 Å². The number of aliphatic hydroxyl groups excluding tert-OH is 1. The molecule has 0 aliphatic rings. The van der Waals surface area contributed by atoms with E-state index < -0.39 is 0 Å². The largest absolute Gasteiger partial charge is 0.491 e. The zero-order valence-corrected chi connectivity index (χ0v) is 9.00. The Kier molecular flexibility index (Phi) is 4.77. The lowest BCUT2D eigenvalue weighted by Gasteiger charge is -2.11. The van der Waals surface area contributed by atoms with Gasteiger partial charge in [0.15, 0.2) is 0 Å². The lowest BCUT2D eigenvalue weighted by atomic mass is 10.2. The molecular formula is C11H15ClO2. The van der Waals surface area contributed by atoms with Crippen molar-refractivity contribution in [3.05, 3.63) is 29.3 Å². The third-order valence-electron chi connectivity index (χ3n) is 1.86. The SMILES string of the molecule is CCCC(O)COc1cccc(Cl)c1. The summed E-state index contributed by atoms with van der Waals surface area (Å²) in [5.41, 5.74) is 0. The Balaban J connectivity index is 2.37. The van der Waals surface area contributed by atoms with Crippen molar-refractivity contribution < 1.29 is 9.84 Å². The van der Waals surface area contributed by atoms with E-state index in [1.807, 2.05) is 19.1 Å². The number of benzene rings is 1. The standard InChI is InChI=1S/C11H15ClO2/c1-2-4-10(13)8-14-11-6-3-5-9(12)7-11/h3,5-7,10,13H,2,4,8H2,1H3. The van der Waals surface area contributed by atoms with Crippen LogP contribution in [0.2, 0.25) is 5.02 Å². The van der Waals surface area contributed by atoms with Crippen molar-refractivity contribution in [3.8, 4) is 5.75 Å². The first-order valence-electron chi connectivity index (χ1n) is 4.78. The van der Waals surface area contributed by atoms with E-state index in [-0.39, 0.29) is 6.10 Å². The maximum absolute atomic E-state index is 9.42. The van der Waals surface area contributed by atoms with Crippen LogP contribution in [0.4, 0.5) is 0 Å². The van der Waals surface area contributed by atoms with Crippen LogP contribution >= 0.6 is 11.6 Å². The van der Waals surface area contributed by atoms with Crippen molar-refractivity contribution in [2.24, 2.45) is 0 Å². The highest BCUT2D eigenvalue weighted by Gasteiger charge is 2.03. The summed E-state index contributed by atoms with van der Waals surface area (Å²) in [5.74, 6) is 0.702. The van der Waals surface area contributed by atoms with Gasteiger partial charge in [0.25, 0.3) is 0 Å². The van der Waals surface area contributed by atoms with Crippen LogP contribution in [0.25, 0.3) is 0 Å². The lowest BCUT2D eigenvalue weighted by molar-refractivity contribution is 0.0993. The number of rotatable bonds is 5. The molecule has 14 heavy (non-hydrogen) atoms. The van der Waals surface area contributed by atoms with Gasteiger partial charge in [0.1, 0.15) is 12.4 Å². The predicted molar refractivity (Wildman–Crippen MR) is 57.9 cm³/mol. The number of halogens is 1. The minimum Gasteiger partial charge on any atom is -0.491 e. The molecule has 1 unspecified atom stereocenters. The highest BCUT2D eigenvalue weighted by molar-refractivity contribution is 6.30. The normalized spacial score (nSPS) is 12.5. The summed E-state index contributed by atoms with van der Waals surface area (Å²) in [6.45, 7) is 2.36. The maximum atomic E-state index is 9.42. The zero-order valence-electron chi connectivity index (χ0n) is 8.24. The van der Waals surface area contributed by atoms with Gasteiger partial charge in [-0.1, -0.05) is 31.0 Å². The van der Waals surface area contributed by atoms with Gasteiger partial charge in [0.2, 0.25) is 0 Å². The Bertz CT molecular complexity index is 276. The fourth-order valence-electron chi connectivity index (χ4n) is 1.17. The van der Waals surface area contributed by atoms with E-state index in [0.29, 0.717) is 17.4 Å². The smallest absolute Gasteiger partial charge is 0.120 e. The molecule has 3 heteroatoms. The molecule has 2 nitrogen and oxygen atoms in total. The van der Waals surface area contributed by atoms with E-state index in [4.69, 9.17) is 16.3 Å². The lowest BCUT2D eigenvalue weighted by Crippen LogP contribution is -2.16. The van der Waals surface area contributed by atoms with Crippen LogP contribution in [0.1, 0.15) is 19.8 Å². The van der Waals surface area contributed by atoms with Gasteiger partial charge in [-0.3, -0.25) is 0 Å². The first-order valence-corrected chi connectivity index (χ1v) is 5.16. The zero-order chi connectivity index (χ0) is 10.4. The molecule has 0 aliphatic heterocycles. The monoisotopic (exact) mass is 214 g/mol. The summed E-state index contributed by atoms with van der Waals surface area (Å²) < 4.78 is 5.37. The Morgan fingerprint density at radius 3 is 2.93 bits per heavy atom. The van der Waals surface area contributed by atoms with Gasteiger partial charge in [0, 0.05) is 5.02 Å². The molecule has 0 saturated carbocycles. The Hall–Kier alpha value is -0.730. The number of hydrogen-bond donors (Lipinski definition) is 1. The molecule has 0 spiro atoms. The molecule has 1 rings (SSSR count). The molecule has 0 aliphatic carbocycles. The van der Waals surface area contributed by atoms with Gasteiger partial charge in [-0.2, -0.15) is 0 Å². The van der Waals surface area contributed by atoms with Crippen LogP contribution in [0.15, 0.2) is 24.3 Å². The summed E-state index contributed by atoms with van der Waals surface area (Å²) in [6.07, 6.45) is 1.33. The molecule has 0 radical (unpaired) electrons. The van der Waals surface area contributed by atoms with Crippen molar-refractivity contribution >= 4 is 11.6 Å². The molecule has 0 amide bonds. The Morgan fingerprint density at radius 2 is 2.29 bits per heavy atom. The molecule has 0 aromatic heterocycles. The molecular weight excluding hydrogens is 200 g/mol. The second kappa shape index (κ2) is 5.89. The number of ether oxygens (including phenoxy) is 1. The van der Waals surface area contributed by atoms with Gasteiger partial charge in [-0.15, -0.1) is 0 Å². The van der Waals surface area contributed by atoms with Crippen LogP contribution in [0.5, 0.6) is 5.75 Å². The molecule has 78 valence electrons. The third-order valence-corrected chi connectivity index (χ3v) is 2.10. The molecule has 1 atom stereocenters.